The van der Waals surface area contributed by atoms with E-state index in [1.165, 1.54) is 22.1 Å². The number of methoxy groups -OCH3 is 2. The lowest BCUT2D eigenvalue weighted by Crippen LogP contribution is -2.38. The predicted molar refractivity (Wildman–Crippen MR) is 184 cm³/mol. The molecule has 2 fully saturated rings. The van der Waals surface area contributed by atoms with E-state index in [9.17, 15) is 14.5 Å². The molecule has 0 amide bonds. The van der Waals surface area contributed by atoms with Crippen molar-refractivity contribution in [2.75, 3.05) is 20.8 Å². The van der Waals surface area contributed by atoms with Gasteiger partial charge in [0.2, 0.25) is 0 Å². The van der Waals surface area contributed by atoms with E-state index in [0.717, 1.165) is 16.7 Å². The van der Waals surface area contributed by atoms with E-state index in [4.69, 9.17) is 28.0 Å². The maximum atomic E-state index is 12.9. The van der Waals surface area contributed by atoms with E-state index in [1.54, 1.807) is 21.1 Å². The summed E-state index contributed by atoms with van der Waals surface area (Å²) >= 11 is 1.28. The highest BCUT2D eigenvalue weighted by Crippen LogP contribution is 2.76. The first-order valence-electron chi connectivity index (χ1n) is 15.7. The number of H-pyrrole nitrogens is 1. The molecule has 4 aromatic rings. The maximum Gasteiger partial charge on any atom is 0.479 e. The van der Waals surface area contributed by atoms with Crippen molar-refractivity contribution in [2.45, 2.75) is 62.6 Å². The summed E-state index contributed by atoms with van der Waals surface area (Å²) < 4.78 is 38.2. The number of aromatic nitrogens is 2. The Hall–Kier alpha value is -3.48. The average Bonchev–Trinajstić information content (AvgIpc) is 3.60. The number of rotatable bonds is 11. The van der Waals surface area contributed by atoms with Crippen molar-refractivity contribution in [3.8, 4) is 11.5 Å². The second-order valence-corrected chi connectivity index (χ2v) is 16.2. The number of benzene rings is 3. The number of nitrogens with one attached hydrogen (secondary N) is 1. The summed E-state index contributed by atoms with van der Waals surface area (Å²) in [5, 5.41) is 0.0245. The van der Waals surface area contributed by atoms with Crippen LogP contribution in [0, 0.1) is 6.92 Å². The van der Waals surface area contributed by atoms with Crippen LogP contribution in [0.4, 0.5) is 0 Å². The third kappa shape index (κ3) is 6.84. The molecule has 13 heteroatoms. The smallest absolute Gasteiger partial charge is 0.479 e. The van der Waals surface area contributed by atoms with Crippen LogP contribution in [0.25, 0.3) is 0 Å². The highest BCUT2D eigenvalue weighted by atomic mass is 32.7. The summed E-state index contributed by atoms with van der Waals surface area (Å²) in [6.07, 6.45) is -0.775. The second-order valence-electron chi connectivity index (χ2n) is 11.9. The van der Waals surface area contributed by atoms with Gasteiger partial charge in [-0.15, -0.1) is 0 Å². The number of nitrogens with zero attached hydrogens (tertiary/aromatic N) is 1. The zero-order chi connectivity index (χ0) is 34.1. The lowest BCUT2D eigenvalue weighted by atomic mass is 9.80. The van der Waals surface area contributed by atoms with Crippen molar-refractivity contribution in [3.63, 3.8) is 0 Å². The first-order valence-corrected chi connectivity index (χ1v) is 18.7. The van der Waals surface area contributed by atoms with Crippen molar-refractivity contribution in [1.82, 2.24) is 9.55 Å². The highest BCUT2D eigenvalue weighted by molar-refractivity contribution is 8.58. The monoisotopic (exact) mass is 695 g/mol. The van der Waals surface area contributed by atoms with Gasteiger partial charge in [0.1, 0.15) is 53.0 Å². The molecule has 3 unspecified atom stereocenters. The number of aromatic amines is 1. The largest absolute Gasteiger partial charge is 0.497 e. The molecule has 3 aromatic carbocycles. The fraction of sp³-hybridized carbons (Fsp3) is 0.371. The lowest BCUT2D eigenvalue weighted by Gasteiger charge is -2.37. The van der Waals surface area contributed by atoms with Crippen LogP contribution >= 0.6 is 18.5 Å². The van der Waals surface area contributed by atoms with Crippen molar-refractivity contribution in [2.24, 2.45) is 0 Å². The Bertz CT molecular complexity index is 1760. The Balaban J connectivity index is 1.41. The minimum absolute atomic E-state index is 0.000971. The minimum Gasteiger partial charge on any atom is -0.497 e. The van der Waals surface area contributed by atoms with Crippen LogP contribution in [-0.4, -0.2) is 58.8 Å². The van der Waals surface area contributed by atoms with Crippen molar-refractivity contribution >= 4 is 18.5 Å². The zero-order valence-corrected chi connectivity index (χ0v) is 29.1. The Morgan fingerprint density at radius 3 is 2.06 bits per heavy atom. The quantitative estimate of drug-likeness (QED) is 0.148. The zero-order valence-electron chi connectivity index (χ0n) is 27.4. The summed E-state index contributed by atoms with van der Waals surface area (Å²) in [4.78, 5) is 38.9. The summed E-state index contributed by atoms with van der Waals surface area (Å²) in [5.41, 5.74) is 0.695. The Labute approximate surface area is 283 Å². The number of hydrogen-bond acceptors (Lipinski definition) is 10. The molecule has 2 N–H and O–H groups in total. The third-order valence-corrected chi connectivity index (χ3v) is 13.2. The fourth-order valence-corrected chi connectivity index (χ4v) is 10.9. The molecule has 6 rings (SSSR count). The summed E-state index contributed by atoms with van der Waals surface area (Å²) in [6, 6.07) is 25.3. The van der Waals surface area contributed by atoms with Crippen molar-refractivity contribution < 1.29 is 32.9 Å². The number of ether oxygens (including phenoxy) is 4. The van der Waals surface area contributed by atoms with Gasteiger partial charge in [0.05, 0.1) is 26.1 Å². The third-order valence-electron chi connectivity index (χ3n) is 8.80. The van der Waals surface area contributed by atoms with Crippen LogP contribution in [0.1, 0.15) is 48.8 Å². The van der Waals surface area contributed by atoms with Gasteiger partial charge in [0.15, 0.2) is 0 Å². The molecule has 0 saturated carbocycles. The summed E-state index contributed by atoms with van der Waals surface area (Å²) in [7, 11) is -0.0786. The summed E-state index contributed by atoms with van der Waals surface area (Å²) in [6.45, 7) is 5.50. The number of aryl methyl sites for hydroxylation is 1. The number of hydrogen-bond donors (Lipinski definition) is 2. The van der Waals surface area contributed by atoms with Crippen LogP contribution in [-0.2, 0) is 24.1 Å². The molecule has 0 radical (unpaired) electrons. The Morgan fingerprint density at radius 2 is 1.52 bits per heavy atom. The van der Waals surface area contributed by atoms with E-state index >= 15 is 0 Å². The molecule has 254 valence electrons. The molecule has 11 nitrogen and oxygen atoms in total. The highest BCUT2D eigenvalue weighted by Gasteiger charge is 2.59. The molecule has 2 aliphatic rings. The predicted octanol–water partition coefficient (Wildman–Crippen LogP) is 5.75. The SMILES string of the molecule is COc1ccc(C(OC[C@H]2O[C@H](n3cc(C)c(=O)[nH]c3=O)C[C@@H]2O[P+]2(O)OC(C)C(C)S2)(c2ccccc2)c2ccc(OC)cc2)cc1. The first-order chi connectivity index (χ1) is 23.0. The van der Waals surface area contributed by atoms with E-state index in [-0.39, 0.29) is 24.4 Å². The van der Waals surface area contributed by atoms with Gasteiger partial charge >= 0.3 is 12.8 Å². The fourth-order valence-electron chi connectivity index (χ4n) is 6.05. The van der Waals surface area contributed by atoms with Crippen LogP contribution in [0.15, 0.2) is 94.6 Å². The molecule has 2 aliphatic heterocycles. The molecular weight excluding hydrogens is 655 g/mol. The normalized spacial score (nSPS) is 25.7. The van der Waals surface area contributed by atoms with Gasteiger partial charge in [-0.3, -0.25) is 14.3 Å². The first kappa shape index (κ1) is 34.4. The maximum absolute atomic E-state index is 12.9. The molecule has 3 heterocycles. The van der Waals surface area contributed by atoms with Gasteiger partial charge in [0, 0.05) is 18.2 Å². The van der Waals surface area contributed by atoms with E-state index in [2.05, 4.69) is 4.98 Å². The standard InChI is InChI=1S/C35H39N2O9PS/c1-22-20-37(34(39)36-33(22)38)32-19-30(46-47(40)45-23(2)24(3)48-47)31(44-32)21-43-35(25-9-7-6-8-10-25,26-11-15-28(41-4)16-12-26)27-13-17-29(42-5)18-14-27/h6-18,20,23-24,30-32,40H,19,21H2,1-5H3/p+1/t23?,24?,30-,31+,32-,47?/m0/s1. The van der Waals surface area contributed by atoms with Gasteiger partial charge in [-0.05, 0) is 61.7 Å². The Morgan fingerprint density at radius 1 is 0.938 bits per heavy atom. The van der Waals surface area contributed by atoms with Crippen LogP contribution < -0.4 is 20.7 Å². The summed E-state index contributed by atoms with van der Waals surface area (Å²) in [5.74, 6) is 1.39. The molecule has 2 saturated heterocycles. The van der Waals surface area contributed by atoms with Crippen LogP contribution in [0.3, 0.4) is 0 Å². The molecular formula is C35H40N2O9PS+. The van der Waals surface area contributed by atoms with Gasteiger partial charge in [0.25, 0.3) is 5.56 Å². The van der Waals surface area contributed by atoms with E-state index in [1.807, 2.05) is 92.7 Å². The van der Waals surface area contributed by atoms with Crippen molar-refractivity contribution in [1.29, 1.82) is 0 Å². The Kier molecular flexibility index (Phi) is 10.1. The average molecular weight is 696 g/mol. The van der Waals surface area contributed by atoms with Crippen LogP contribution in [0.5, 0.6) is 11.5 Å². The van der Waals surface area contributed by atoms with Gasteiger partial charge in [-0.25, -0.2) is 4.79 Å². The van der Waals surface area contributed by atoms with Gasteiger partial charge < -0.3 is 18.9 Å². The van der Waals surface area contributed by atoms with Gasteiger partial charge in [-0.2, -0.15) is 13.9 Å². The minimum atomic E-state index is -3.31. The van der Waals surface area contributed by atoms with Crippen molar-refractivity contribution in [3.05, 3.63) is 128 Å². The molecule has 0 aliphatic carbocycles. The molecule has 48 heavy (non-hydrogen) atoms. The molecule has 6 atom stereocenters. The van der Waals surface area contributed by atoms with Crippen LogP contribution in [0.2, 0.25) is 0 Å². The molecule has 0 bridgehead atoms. The second kappa shape index (κ2) is 14.2. The molecule has 0 spiro atoms. The topological polar surface area (TPSA) is 130 Å². The van der Waals surface area contributed by atoms with Gasteiger partial charge in [-0.1, -0.05) is 54.6 Å². The van der Waals surface area contributed by atoms with E-state index in [0.29, 0.717) is 17.1 Å². The molecule has 1 aromatic heterocycles. The lowest BCUT2D eigenvalue weighted by molar-refractivity contribution is -0.0930. The van der Waals surface area contributed by atoms with E-state index < -0.39 is 42.4 Å².